The Labute approximate surface area is 139 Å². The number of nitrogens with one attached hydrogen (secondary N) is 2. The van der Waals surface area contributed by atoms with E-state index in [0.717, 1.165) is 16.7 Å². The number of benzene rings is 1. The molecule has 0 aliphatic carbocycles. The van der Waals surface area contributed by atoms with Crippen molar-refractivity contribution in [3.8, 4) is 0 Å². The maximum atomic E-state index is 12.5. The molecule has 0 unspecified atom stereocenters. The fourth-order valence-corrected chi connectivity index (χ4v) is 3.11. The van der Waals surface area contributed by atoms with E-state index in [1.54, 1.807) is 10.7 Å². The number of hydrogen-bond donors (Lipinski definition) is 2. The number of fused-ring (bicyclic) bond motifs is 2. The molecule has 1 aromatic carbocycles. The molecule has 3 heterocycles. The highest BCUT2D eigenvalue weighted by molar-refractivity contribution is 5.99. The van der Waals surface area contributed by atoms with Gasteiger partial charge in [0, 0.05) is 42.6 Å². The van der Waals surface area contributed by atoms with Gasteiger partial charge in [0.05, 0.1) is 6.20 Å². The summed E-state index contributed by atoms with van der Waals surface area (Å²) in [5.41, 5.74) is 6.00. The molecular weight excluding hydrogens is 302 g/mol. The van der Waals surface area contributed by atoms with Gasteiger partial charge in [0.1, 0.15) is 11.2 Å². The number of rotatable bonds is 3. The average molecular weight is 321 g/mol. The van der Waals surface area contributed by atoms with Gasteiger partial charge >= 0.3 is 0 Å². The van der Waals surface area contributed by atoms with Gasteiger partial charge in [-0.15, -0.1) is 0 Å². The molecule has 0 saturated heterocycles. The second-order valence-electron chi connectivity index (χ2n) is 6.17. The molecule has 3 aromatic heterocycles. The highest BCUT2D eigenvalue weighted by Crippen LogP contribution is 2.22. The highest BCUT2D eigenvalue weighted by Gasteiger charge is 2.15. The van der Waals surface area contributed by atoms with Crippen molar-refractivity contribution in [2.24, 2.45) is 7.05 Å². The summed E-state index contributed by atoms with van der Waals surface area (Å²) in [6, 6.07) is 6.23. The number of amides is 1. The number of nitrogens with zero attached hydrogens (tertiary/aromatic N) is 3. The molecular formula is C18H19N5O. The lowest BCUT2D eigenvalue weighted by Gasteiger charge is -2.05. The Kier molecular flexibility index (Phi) is 3.19. The Bertz CT molecular complexity index is 1070. The molecule has 0 radical (unpaired) electrons. The van der Waals surface area contributed by atoms with Gasteiger partial charge in [-0.25, -0.2) is 4.52 Å². The van der Waals surface area contributed by atoms with E-state index in [2.05, 4.69) is 41.4 Å². The summed E-state index contributed by atoms with van der Waals surface area (Å²) < 4.78 is 3.59. The average Bonchev–Trinajstić information content (AvgIpc) is 3.23. The van der Waals surface area contributed by atoms with Crippen LogP contribution in [0.5, 0.6) is 0 Å². The molecule has 0 bridgehead atoms. The monoisotopic (exact) mass is 321 g/mol. The van der Waals surface area contributed by atoms with Gasteiger partial charge in [-0.1, -0.05) is 6.07 Å². The number of imidazole rings is 1. The van der Waals surface area contributed by atoms with E-state index in [1.165, 1.54) is 16.6 Å². The molecule has 0 aliphatic heterocycles. The smallest absolute Gasteiger partial charge is 0.256 e. The molecule has 0 spiro atoms. The van der Waals surface area contributed by atoms with E-state index in [1.807, 2.05) is 30.1 Å². The Balaban J connectivity index is 1.57. The van der Waals surface area contributed by atoms with Crippen LogP contribution >= 0.6 is 0 Å². The van der Waals surface area contributed by atoms with Crippen LogP contribution in [-0.2, 0) is 13.6 Å². The summed E-state index contributed by atoms with van der Waals surface area (Å²) in [5.74, 6) is -0.117. The standard InChI is InChI=1S/C18H19N5O/c1-11-12(2)21-16-5-4-13(8-14(11)16)9-19-17(24)15-10-20-23-7-6-22(3)18(15)23/h4-8,10,21H,9H2,1-3H3,(H,19,24). The van der Waals surface area contributed by atoms with Gasteiger partial charge in [-0.05, 0) is 37.1 Å². The van der Waals surface area contributed by atoms with Crippen LogP contribution in [0.4, 0.5) is 0 Å². The Hall–Kier alpha value is -3.02. The van der Waals surface area contributed by atoms with Crippen LogP contribution in [0.25, 0.3) is 16.6 Å². The first kappa shape index (κ1) is 14.6. The Morgan fingerprint density at radius 2 is 2.12 bits per heavy atom. The van der Waals surface area contributed by atoms with Gasteiger partial charge in [0.2, 0.25) is 0 Å². The van der Waals surface area contributed by atoms with Crippen LogP contribution in [0, 0.1) is 13.8 Å². The molecule has 2 N–H and O–H groups in total. The van der Waals surface area contributed by atoms with E-state index < -0.39 is 0 Å². The predicted octanol–water partition coefficient (Wildman–Crippen LogP) is 2.70. The Morgan fingerprint density at radius 3 is 2.96 bits per heavy atom. The fourth-order valence-electron chi connectivity index (χ4n) is 3.11. The van der Waals surface area contributed by atoms with E-state index in [-0.39, 0.29) is 5.91 Å². The number of carbonyl (C=O) groups is 1. The molecule has 6 nitrogen and oxygen atoms in total. The number of hydrogen-bond acceptors (Lipinski definition) is 2. The minimum atomic E-state index is -0.117. The summed E-state index contributed by atoms with van der Waals surface area (Å²) in [6.45, 7) is 4.66. The molecule has 122 valence electrons. The van der Waals surface area contributed by atoms with Crippen LogP contribution in [0.15, 0.2) is 36.8 Å². The first-order valence-electron chi connectivity index (χ1n) is 7.89. The summed E-state index contributed by atoms with van der Waals surface area (Å²) in [5, 5.41) is 8.39. The van der Waals surface area contributed by atoms with Crippen molar-refractivity contribution in [2.75, 3.05) is 0 Å². The zero-order valence-corrected chi connectivity index (χ0v) is 13.9. The van der Waals surface area contributed by atoms with Crippen LogP contribution in [-0.4, -0.2) is 25.1 Å². The number of aromatic amines is 1. The minimum absolute atomic E-state index is 0.117. The minimum Gasteiger partial charge on any atom is -0.358 e. The number of aromatic nitrogens is 4. The normalized spacial score (nSPS) is 11.5. The van der Waals surface area contributed by atoms with E-state index >= 15 is 0 Å². The van der Waals surface area contributed by atoms with Crippen LogP contribution < -0.4 is 5.32 Å². The van der Waals surface area contributed by atoms with Gasteiger partial charge in [-0.3, -0.25) is 4.79 Å². The van der Waals surface area contributed by atoms with Gasteiger partial charge in [0.15, 0.2) is 0 Å². The van der Waals surface area contributed by atoms with E-state index in [4.69, 9.17) is 0 Å². The third kappa shape index (κ3) is 2.19. The lowest BCUT2D eigenvalue weighted by Crippen LogP contribution is -2.23. The zero-order valence-electron chi connectivity index (χ0n) is 13.9. The maximum absolute atomic E-state index is 12.5. The van der Waals surface area contributed by atoms with E-state index in [0.29, 0.717) is 12.1 Å². The van der Waals surface area contributed by atoms with Crippen molar-refractivity contribution >= 4 is 22.5 Å². The first-order chi connectivity index (χ1) is 11.5. The second kappa shape index (κ2) is 5.26. The summed E-state index contributed by atoms with van der Waals surface area (Å²) in [6.07, 6.45) is 5.31. The quantitative estimate of drug-likeness (QED) is 0.609. The summed E-state index contributed by atoms with van der Waals surface area (Å²) >= 11 is 0. The van der Waals surface area contributed by atoms with Crippen molar-refractivity contribution in [1.29, 1.82) is 0 Å². The highest BCUT2D eigenvalue weighted by atomic mass is 16.1. The van der Waals surface area contributed by atoms with Gasteiger partial charge in [0.25, 0.3) is 5.91 Å². The largest absolute Gasteiger partial charge is 0.358 e. The molecule has 4 aromatic rings. The van der Waals surface area contributed by atoms with Crippen molar-refractivity contribution < 1.29 is 4.79 Å². The summed E-state index contributed by atoms with van der Waals surface area (Å²) in [4.78, 5) is 15.9. The van der Waals surface area contributed by atoms with Crippen LogP contribution in [0.3, 0.4) is 0 Å². The second-order valence-corrected chi connectivity index (χ2v) is 6.17. The third-order valence-electron chi connectivity index (χ3n) is 4.61. The van der Waals surface area contributed by atoms with Crippen LogP contribution in [0.2, 0.25) is 0 Å². The topological polar surface area (TPSA) is 67.1 Å². The predicted molar refractivity (Wildman–Crippen MR) is 93.1 cm³/mol. The van der Waals surface area contributed by atoms with Crippen molar-refractivity contribution in [3.05, 3.63) is 59.2 Å². The molecule has 0 aliphatic rings. The summed E-state index contributed by atoms with van der Waals surface area (Å²) in [7, 11) is 1.90. The molecule has 6 heteroatoms. The van der Waals surface area contributed by atoms with Gasteiger partial charge < -0.3 is 14.9 Å². The SMILES string of the molecule is Cc1[nH]c2ccc(CNC(=O)c3cnn4ccn(C)c34)cc2c1C. The molecule has 0 atom stereocenters. The van der Waals surface area contributed by atoms with Crippen molar-refractivity contribution in [3.63, 3.8) is 0 Å². The number of carbonyl (C=O) groups excluding carboxylic acids is 1. The maximum Gasteiger partial charge on any atom is 0.256 e. The molecule has 0 saturated carbocycles. The zero-order chi connectivity index (χ0) is 16.8. The number of H-pyrrole nitrogens is 1. The van der Waals surface area contributed by atoms with Gasteiger partial charge in [-0.2, -0.15) is 5.10 Å². The fraction of sp³-hybridized carbons (Fsp3) is 0.222. The molecule has 1 amide bonds. The molecule has 4 rings (SSSR count). The number of aryl methyl sites for hydroxylation is 3. The molecule has 24 heavy (non-hydrogen) atoms. The molecule has 0 fully saturated rings. The van der Waals surface area contributed by atoms with Crippen LogP contribution in [0.1, 0.15) is 27.2 Å². The lowest BCUT2D eigenvalue weighted by molar-refractivity contribution is 0.0952. The Morgan fingerprint density at radius 1 is 1.29 bits per heavy atom. The van der Waals surface area contributed by atoms with E-state index in [9.17, 15) is 4.79 Å². The third-order valence-corrected chi connectivity index (χ3v) is 4.61. The van der Waals surface area contributed by atoms with Crippen molar-refractivity contribution in [2.45, 2.75) is 20.4 Å². The van der Waals surface area contributed by atoms with Crippen molar-refractivity contribution in [1.82, 2.24) is 24.5 Å². The lowest BCUT2D eigenvalue weighted by atomic mass is 10.1. The first-order valence-corrected chi connectivity index (χ1v) is 7.89.